The Hall–Kier alpha value is -1.86. The molecule has 0 heterocycles. The molecule has 0 aliphatic carbocycles. The quantitative estimate of drug-likeness (QED) is 0.107. The van der Waals surface area contributed by atoms with E-state index in [2.05, 4.69) is 0 Å². The van der Waals surface area contributed by atoms with Crippen molar-refractivity contribution in [1.82, 2.24) is 0 Å². The van der Waals surface area contributed by atoms with E-state index < -0.39 is 40.4 Å². The highest BCUT2D eigenvalue weighted by molar-refractivity contribution is 7.51. The number of benzene rings is 2. The predicted octanol–water partition coefficient (Wildman–Crippen LogP) is -2.82. The van der Waals surface area contributed by atoms with Crippen LogP contribution in [0.15, 0.2) is 36.4 Å². The summed E-state index contributed by atoms with van der Waals surface area (Å²) < 4.78 is 23.7. The molecule has 0 radical (unpaired) electrons. The Balaban J connectivity index is 2.38. The fraction of sp³-hybridized carbons (Fsp3) is 0.429. The monoisotopic (exact) mass is 552 g/mol. The maximum atomic E-state index is 11.9. The largest absolute Gasteiger partial charge is 0.507 e. The molecule has 11 N–H and O–H groups in total. The van der Waals surface area contributed by atoms with E-state index in [1.165, 1.54) is 36.4 Å². The molecule has 0 aliphatic heterocycles. The van der Waals surface area contributed by atoms with Crippen molar-refractivity contribution in [2.45, 2.75) is 32.3 Å². The van der Waals surface area contributed by atoms with Crippen LogP contribution in [-0.2, 0) is 35.4 Å². The molecule has 3 atom stereocenters. The van der Waals surface area contributed by atoms with Gasteiger partial charge in [0.2, 0.25) is 0 Å². The normalized spacial score (nSPS) is 15.0. The van der Waals surface area contributed by atoms with Crippen LogP contribution in [0.3, 0.4) is 0 Å². The Labute approximate surface area is 207 Å². The zero-order valence-corrected chi connectivity index (χ0v) is 21.2. The average molecular weight is 552 g/mol. The van der Waals surface area contributed by atoms with E-state index in [1.54, 1.807) is 0 Å². The van der Waals surface area contributed by atoms with Gasteiger partial charge in [0, 0.05) is 11.1 Å². The number of hydrogen-bond donors (Lipinski definition) is 11. The summed E-state index contributed by atoms with van der Waals surface area (Å²) in [4.78, 5) is 38.9. The van der Waals surface area contributed by atoms with Crippen LogP contribution < -0.4 is 9.80 Å². The van der Waals surface area contributed by atoms with Crippen LogP contribution in [0.4, 0.5) is 0 Å². The van der Waals surface area contributed by atoms with Crippen molar-refractivity contribution in [3.63, 3.8) is 0 Å². The van der Waals surface area contributed by atoms with Crippen LogP contribution in [0.5, 0.6) is 11.5 Å². The van der Waals surface area contributed by atoms with Gasteiger partial charge in [-0.1, -0.05) is 12.1 Å². The maximum Gasteiger partial charge on any atom is 0.379 e. The maximum absolute atomic E-state index is 11.9. The Morgan fingerprint density at radius 3 is 1.83 bits per heavy atom. The Morgan fingerprint density at radius 2 is 1.31 bits per heavy atom. The second kappa shape index (κ2) is 13.1. The van der Waals surface area contributed by atoms with Gasteiger partial charge in [-0.15, -0.1) is 0 Å². The summed E-state index contributed by atoms with van der Waals surface area (Å²) in [6, 6.07) is 7.68. The highest BCUT2D eigenvalue weighted by Crippen LogP contribution is 2.32. The summed E-state index contributed by atoms with van der Waals surface area (Å²) in [6.07, 6.45) is -1.42. The summed E-state index contributed by atoms with van der Waals surface area (Å²) in [7, 11) is -9.22. The van der Waals surface area contributed by atoms with Gasteiger partial charge in [-0.2, -0.15) is 0 Å². The highest BCUT2D eigenvalue weighted by atomic mass is 31.2. The van der Waals surface area contributed by atoms with E-state index >= 15 is 0 Å². The number of hydrogen-bond acceptors (Lipinski definition) is 7. The van der Waals surface area contributed by atoms with E-state index in [-0.39, 0.29) is 59.7 Å². The molecule has 2 aromatic rings. The Bertz CT molecular complexity index is 1110. The number of rotatable bonds is 14. The van der Waals surface area contributed by atoms with Crippen molar-refractivity contribution in [3.8, 4) is 11.5 Å². The van der Waals surface area contributed by atoms with Crippen LogP contribution in [0.1, 0.15) is 22.3 Å². The third kappa shape index (κ3) is 9.89. The number of phenolic OH excluding ortho intramolecular Hbond substituents is 2. The molecule has 0 amide bonds. The third-order valence-electron chi connectivity index (χ3n) is 5.69. The van der Waals surface area contributed by atoms with Crippen molar-refractivity contribution >= 4 is 15.2 Å². The fourth-order valence-corrected chi connectivity index (χ4v) is 5.74. The summed E-state index contributed by atoms with van der Waals surface area (Å²) >= 11 is 0. The van der Waals surface area contributed by atoms with Gasteiger partial charge in [-0.3, -0.25) is 9.13 Å². The lowest BCUT2D eigenvalue weighted by atomic mass is 10.1. The van der Waals surface area contributed by atoms with E-state index in [0.717, 1.165) is 0 Å². The summed E-state index contributed by atoms with van der Waals surface area (Å²) in [5.74, 6) is -0.379. The van der Waals surface area contributed by atoms with Crippen molar-refractivity contribution in [1.29, 1.82) is 0 Å². The summed E-state index contributed by atoms with van der Waals surface area (Å²) in [6.45, 7) is -1.65. The van der Waals surface area contributed by atoms with Gasteiger partial charge in [0.25, 0.3) is 0 Å². The summed E-state index contributed by atoms with van der Waals surface area (Å²) in [5.41, 5.74) is 1.46. The van der Waals surface area contributed by atoms with Gasteiger partial charge in [0.05, 0.1) is 13.2 Å². The van der Waals surface area contributed by atoms with E-state index in [4.69, 9.17) is 0 Å². The molecule has 0 saturated heterocycles. The lowest BCUT2D eigenvalue weighted by Crippen LogP contribution is -3.22. The minimum absolute atomic E-state index is 0.0897. The van der Waals surface area contributed by atoms with E-state index in [1.807, 2.05) is 0 Å². The number of aromatic hydroxyl groups is 2. The van der Waals surface area contributed by atoms with Crippen molar-refractivity contribution < 1.29 is 64.0 Å². The molecule has 0 aromatic heterocycles. The van der Waals surface area contributed by atoms with Gasteiger partial charge in [-0.25, -0.2) is 0 Å². The van der Waals surface area contributed by atoms with Gasteiger partial charge >= 0.3 is 15.2 Å². The molecule has 0 spiro atoms. The van der Waals surface area contributed by atoms with Gasteiger partial charge < -0.3 is 54.9 Å². The first kappa shape index (κ1) is 30.4. The topological polar surface area (TPSA) is 225 Å². The molecular formula is C21H34N2O11P2+2. The molecule has 3 unspecified atom stereocenters. The molecule has 0 saturated carbocycles. The third-order valence-corrected chi connectivity index (χ3v) is 7.37. The van der Waals surface area contributed by atoms with Crippen molar-refractivity contribution in [2.75, 3.05) is 25.7 Å². The lowest BCUT2D eigenvalue weighted by Gasteiger charge is -2.31. The SMILES string of the molecule is O=P(O)(O)C[NH+](Cc1ccc(CO)cc1O)CC(CO)[NH+](Cc1cc(CO)ccc1O)CP(=O)(O)O. The van der Waals surface area contributed by atoms with Crippen LogP contribution >= 0.6 is 15.2 Å². The first-order chi connectivity index (χ1) is 16.7. The Kier molecular flexibility index (Phi) is 11.0. The van der Waals surface area contributed by atoms with Crippen LogP contribution in [0.2, 0.25) is 0 Å². The van der Waals surface area contributed by atoms with E-state index in [9.17, 15) is 54.2 Å². The number of phenols is 2. The summed E-state index contributed by atoms with van der Waals surface area (Å²) in [5, 5.41) is 49.2. The molecule has 0 fully saturated rings. The smallest absolute Gasteiger partial charge is 0.379 e. The van der Waals surface area contributed by atoms with Gasteiger partial charge in [0.15, 0.2) is 18.6 Å². The minimum Gasteiger partial charge on any atom is -0.507 e. The number of aliphatic hydroxyl groups is 3. The molecule has 0 aliphatic rings. The average Bonchev–Trinajstić information content (AvgIpc) is 2.77. The Morgan fingerprint density at radius 1 is 0.722 bits per heavy atom. The molecular weight excluding hydrogens is 518 g/mol. The van der Waals surface area contributed by atoms with Gasteiger partial charge in [-0.05, 0) is 35.4 Å². The van der Waals surface area contributed by atoms with E-state index in [0.29, 0.717) is 16.7 Å². The molecule has 202 valence electrons. The van der Waals surface area contributed by atoms with Gasteiger partial charge in [0.1, 0.15) is 37.7 Å². The first-order valence-corrected chi connectivity index (χ1v) is 14.6. The van der Waals surface area contributed by atoms with Crippen LogP contribution in [-0.4, -0.2) is 76.9 Å². The predicted molar refractivity (Wildman–Crippen MR) is 127 cm³/mol. The van der Waals surface area contributed by atoms with Crippen LogP contribution in [0, 0.1) is 0 Å². The molecule has 2 rings (SSSR count). The zero-order chi connectivity index (χ0) is 27.1. The van der Waals surface area contributed by atoms with Crippen molar-refractivity contribution in [3.05, 3.63) is 58.7 Å². The fourth-order valence-electron chi connectivity index (χ4n) is 4.01. The second-order valence-corrected chi connectivity index (χ2v) is 12.0. The van der Waals surface area contributed by atoms with Crippen molar-refractivity contribution in [2.24, 2.45) is 0 Å². The number of nitrogens with one attached hydrogen (secondary N) is 2. The second-order valence-electron chi connectivity index (χ2n) is 8.73. The molecule has 0 bridgehead atoms. The molecule has 13 nitrogen and oxygen atoms in total. The molecule has 15 heteroatoms. The highest BCUT2D eigenvalue weighted by Gasteiger charge is 2.35. The standard InChI is InChI=1S/C21H32N2O11P2/c24-10-15-2-4-20(27)18(5-15)8-23(14-36(32,33)34)19(12-26)9-22(13-35(29,30)31)7-17-3-1-16(11-25)6-21(17)28/h1-6,19,24-28H,7-14H2,(H2,29,30,31)(H2,32,33,34)/p+2. The minimum atomic E-state index is -4.63. The first-order valence-electron chi connectivity index (χ1n) is 11.0. The lowest BCUT2D eigenvalue weighted by molar-refractivity contribution is -0.980. The molecule has 36 heavy (non-hydrogen) atoms. The number of aliphatic hydroxyl groups excluding tert-OH is 3. The number of quaternary nitrogens is 2. The molecule has 2 aromatic carbocycles. The zero-order valence-electron chi connectivity index (χ0n) is 19.4. The van der Waals surface area contributed by atoms with Crippen LogP contribution in [0.25, 0.3) is 0 Å².